The minimum Gasteiger partial charge on any atom is -0.316 e. The number of rotatable bonds is 8. The largest absolute Gasteiger partial charge is 0.316 e. The second-order valence-corrected chi connectivity index (χ2v) is 6.21. The van der Waals surface area contributed by atoms with Crippen molar-refractivity contribution in [2.24, 2.45) is 0 Å². The number of pyridine rings is 1. The van der Waals surface area contributed by atoms with Crippen molar-refractivity contribution in [3.05, 3.63) is 23.9 Å². The molecule has 1 rings (SSSR count). The summed E-state index contributed by atoms with van der Waals surface area (Å²) >= 11 is 0. The molecule has 1 heterocycles. The molecule has 1 aromatic rings. The molecule has 6 heteroatoms. The van der Waals surface area contributed by atoms with Gasteiger partial charge < -0.3 is 5.32 Å². The molecule has 0 amide bonds. The highest BCUT2D eigenvalue weighted by molar-refractivity contribution is 7.89. The average molecular weight is 285 g/mol. The number of aromatic nitrogens is 1. The maximum absolute atomic E-state index is 12.2. The molecule has 0 fully saturated rings. The number of nitrogens with one attached hydrogen (secondary N) is 2. The fourth-order valence-corrected chi connectivity index (χ4v) is 3.14. The van der Waals surface area contributed by atoms with Gasteiger partial charge in [0, 0.05) is 18.8 Å². The van der Waals surface area contributed by atoms with Gasteiger partial charge in [0.15, 0.2) is 5.03 Å². The minimum absolute atomic E-state index is 0.0196. The summed E-state index contributed by atoms with van der Waals surface area (Å²) in [5, 5.41) is 3.08. The topological polar surface area (TPSA) is 71.1 Å². The fourth-order valence-electron chi connectivity index (χ4n) is 1.85. The Morgan fingerprint density at radius 3 is 2.53 bits per heavy atom. The fraction of sp³-hybridized carbons (Fsp3) is 0.615. The Bertz CT molecular complexity index is 471. The Balaban J connectivity index is 2.81. The lowest BCUT2D eigenvalue weighted by atomic mass is 10.1. The van der Waals surface area contributed by atoms with Gasteiger partial charge in [0.25, 0.3) is 10.0 Å². The summed E-state index contributed by atoms with van der Waals surface area (Å²) in [4.78, 5) is 4.03. The van der Waals surface area contributed by atoms with E-state index in [9.17, 15) is 8.42 Å². The molecule has 0 aromatic carbocycles. The van der Waals surface area contributed by atoms with Gasteiger partial charge in [0.2, 0.25) is 0 Å². The number of hydrogen-bond acceptors (Lipinski definition) is 4. The van der Waals surface area contributed by atoms with Crippen LogP contribution in [0.4, 0.5) is 0 Å². The predicted molar refractivity (Wildman–Crippen MR) is 76.3 cm³/mol. The van der Waals surface area contributed by atoms with Crippen LogP contribution < -0.4 is 10.0 Å². The van der Waals surface area contributed by atoms with Crippen molar-refractivity contribution >= 4 is 10.0 Å². The van der Waals surface area contributed by atoms with Crippen molar-refractivity contribution in [1.29, 1.82) is 0 Å². The van der Waals surface area contributed by atoms with E-state index in [2.05, 4.69) is 15.0 Å². The maximum atomic E-state index is 12.2. The van der Waals surface area contributed by atoms with Gasteiger partial charge in [-0.15, -0.1) is 0 Å². The van der Waals surface area contributed by atoms with Crippen LogP contribution in [0.3, 0.4) is 0 Å². The van der Waals surface area contributed by atoms with Crippen molar-refractivity contribution in [2.45, 2.75) is 50.7 Å². The quantitative estimate of drug-likeness (QED) is 0.762. The van der Waals surface area contributed by atoms with E-state index >= 15 is 0 Å². The second-order valence-electron chi connectivity index (χ2n) is 4.55. The molecule has 0 aliphatic rings. The van der Waals surface area contributed by atoms with Crippen LogP contribution in [0.15, 0.2) is 23.4 Å². The van der Waals surface area contributed by atoms with Gasteiger partial charge in [-0.25, -0.2) is 18.1 Å². The van der Waals surface area contributed by atoms with Crippen molar-refractivity contribution < 1.29 is 8.42 Å². The first-order chi connectivity index (χ1) is 9.03. The average Bonchev–Trinajstić information content (AvgIpc) is 2.39. The molecule has 1 atom stereocenters. The molecule has 0 aliphatic carbocycles. The van der Waals surface area contributed by atoms with Gasteiger partial charge in [0.05, 0.1) is 0 Å². The molecule has 5 nitrogen and oxygen atoms in total. The summed E-state index contributed by atoms with van der Waals surface area (Å²) < 4.78 is 27.0. The third kappa shape index (κ3) is 4.89. The first kappa shape index (κ1) is 16.1. The molecule has 0 saturated carbocycles. The Morgan fingerprint density at radius 2 is 2.05 bits per heavy atom. The highest BCUT2D eigenvalue weighted by Gasteiger charge is 2.19. The zero-order valence-corrected chi connectivity index (χ0v) is 12.6. The van der Waals surface area contributed by atoms with Crippen molar-refractivity contribution in [3.8, 4) is 0 Å². The molecule has 1 unspecified atom stereocenters. The molecule has 19 heavy (non-hydrogen) atoms. The third-order valence-corrected chi connectivity index (χ3v) is 4.34. The lowest BCUT2D eigenvalue weighted by Gasteiger charge is -2.15. The SMILES string of the molecule is CCCC(CC)NS(=O)(=O)c1ccc(CNC)cn1. The van der Waals surface area contributed by atoms with Gasteiger partial charge in [-0.3, -0.25) is 0 Å². The first-order valence-corrected chi connectivity index (χ1v) is 8.13. The first-order valence-electron chi connectivity index (χ1n) is 6.65. The molecule has 0 radical (unpaired) electrons. The summed E-state index contributed by atoms with van der Waals surface area (Å²) in [5.74, 6) is 0. The maximum Gasteiger partial charge on any atom is 0.258 e. The Hall–Kier alpha value is -0.980. The van der Waals surface area contributed by atoms with Crippen LogP contribution >= 0.6 is 0 Å². The predicted octanol–water partition coefficient (Wildman–Crippen LogP) is 1.66. The van der Waals surface area contributed by atoms with E-state index in [0.717, 1.165) is 24.8 Å². The van der Waals surface area contributed by atoms with Crippen LogP contribution in [-0.2, 0) is 16.6 Å². The highest BCUT2D eigenvalue weighted by Crippen LogP contribution is 2.10. The normalized spacial score (nSPS) is 13.4. The van der Waals surface area contributed by atoms with Crippen molar-refractivity contribution in [3.63, 3.8) is 0 Å². The Kier molecular flexibility index (Phi) is 6.41. The molecule has 108 valence electrons. The van der Waals surface area contributed by atoms with Crippen molar-refractivity contribution in [1.82, 2.24) is 15.0 Å². The minimum atomic E-state index is -3.51. The lowest BCUT2D eigenvalue weighted by Crippen LogP contribution is -2.34. The third-order valence-electron chi connectivity index (χ3n) is 2.91. The molecular weight excluding hydrogens is 262 g/mol. The van der Waals surface area contributed by atoms with E-state index in [0.29, 0.717) is 6.54 Å². The van der Waals surface area contributed by atoms with Crippen LogP contribution in [0.25, 0.3) is 0 Å². The van der Waals surface area contributed by atoms with E-state index in [1.165, 1.54) is 0 Å². The molecular formula is C13H23N3O2S. The van der Waals surface area contributed by atoms with Gasteiger partial charge in [-0.2, -0.15) is 0 Å². The highest BCUT2D eigenvalue weighted by atomic mass is 32.2. The standard InChI is InChI=1S/C13H23N3O2S/c1-4-6-12(5-2)16-19(17,18)13-8-7-11(9-14-3)10-15-13/h7-8,10,12,14,16H,4-6,9H2,1-3H3. The second kappa shape index (κ2) is 7.57. The smallest absolute Gasteiger partial charge is 0.258 e. The van der Waals surface area contributed by atoms with Crippen LogP contribution in [0.2, 0.25) is 0 Å². The van der Waals surface area contributed by atoms with Gasteiger partial charge >= 0.3 is 0 Å². The van der Waals surface area contributed by atoms with Crippen LogP contribution in [0.5, 0.6) is 0 Å². The Labute approximate surface area is 115 Å². The van der Waals surface area contributed by atoms with E-state index in [1.807, 2.05) is 20.9 Å². The summed E-state index contributed by atoms with van der Waals surface area (Å²) in [7, 11) is -1.67. The lowest BCUT2D eigenvalue weighted by molar-refractivity contribution is 0.510. The van der Waals surface area contributed by atoms with Gasteiger partial charge in [-0.1, -0.05) is 26.3 Å². The zero-order chi connectivity index (χ0) is 14.3. The number of sulfonamides is 1. The summed E-state index contributed by atoms with van der Waals surface area (Å²) in [5.41, 5.74) is 0.960. The molecule has 2 N–H and O–H groups in total. The van der Waals surface area contributed by atoms with Crippen LogP contribution in [0.1, 0.15) is 38.7 Å². The molecule has 0 bridgehead atoms. The number of nitrogens with zero attached hydrogens (tertiary/aromatic N) is 1. The summed E-state index contributed by atoms with van der Waals surface area (Å²) in [6, 6.07) is 3.31. The monoisotopic (exact) mass is 285 g/mol. The number of hydrogen-bond donors (Lipinski definition) is 2. The molecule has 1 aromatic heterocycles. The zero-order valence-electron chi connectivity index (χ0n) is 11.8. The molecule has 0 aliphatic heterocycles. The Morgan fingerprint density at radius 1 is 1.32 bits per heavy atom. The molecule has 0 saturated heterocycles. The van der Waals surface area contributed by atoms with E-state index < -0.39 is 10.0 Å². The van der Waals surface area contributed by atoms with E-state index in [-0.39, 0.29) is 11.1 Å². The molecule has 0 spiro atoms. The van der Waals surface area contributed by atoms with Gasteiger partial charge in [0.1, 0.15) is 0 Å². The van der Waals surface area contributed by atoms with Gasteiger partial charge in [-0.05, 0) is 31.5 Å². The van der Waals surface area contributed by atoms with E-state index in [1.54, 1.807) is 18.3 Å². The summed E-state index contributed by atoms with van der Waals surface area (Å²) in [6.45, 7) is 4.70. The summed E-state index contributed by atoms with van der Waals surface area (Å²) in [6.07, 6.45) is 4.17. The van der Waals surface area contributed by atoms with Crippen LogP contribution in [0, 0.1) is 0 Å². The van der Waals surface area contributed by atoms with E-state index in [4.69, 9.17) is 0 Å². The van der Waals surface area contributed by atoms with Crippen LogP contribution in [-0.4, -0.2) is 26.5 Å². The van der Waals surface area contributed by atoms with Crippen molar-refractivity contribution in [2.75, 3.05) is 7.05 Å².